The van der Waals surface area contributed by atoms with Crippen molar-refractivity contribution in [2.45, 2.75) is 0 Å². The van der Waals surface area contributed by atoms with E-state index in [1.54, 1.807) is 14.7 Å². The topological polar surface area (TPSA) is 81.5 Å². The maximum atomic E-state index is 7.68. The molecule has 0 aromatic carbocycles. The van der Waals surface area contributed by atoms with E-state index in [2.05, 4.69) is 15.0 Å². The Morgan fingerprint density at radius 2 is 1.61 bits per heavy atom. The lowest BCUT2D eigenvalue weighted by Gasteiger charge is -2.19. The summed E-state index contributed by atoms with van der Waals surface area (Å²) in [5.74, 6) is 1.56. The van der Waals surface area contributed by atoms with Gasteiger partial charge in [0.05, 0.1) is 6.54 Å². The number of hydrogen-bond acceptors (Lipinski definition) is 7. The molecule has 0 radical (unpaired) electrons. The number of aromatic nitrogens is 3. The summed E-state index contributed by atoms with van der Waals surface area (Å²) in [4.78, 5) is 18.2. The van der Waals surface area contributed by atoms with E-state index < -0.39 is 0 Å². The quantitative estimate of drug-likeness (QED) is 0.795. The molecule has 2 heterocycles. The van der Waals surface area contributed by atoms with Crippen molar-refractivity contribution in [3.63, 3.8) is 0 Å². The highest BCUT2D eigenvalue weighted by Crippen LogP contribution is 2.18. The fourth-order valence-electron chi connectivity index (χ4n) is 1.47. The highest BCUT2D eigenvalue weighted by molar-refractivity contribution is 5.89. The molecule has 0 bridgehead atoms. The van der Waals surface area contributed by atoms with Gasteiger partial charge in [-0.15, -0.1) is 0 Å². The molecule has 0 amide bonds. The maximum Gasteiger partial charge on any atom is 0.291 e. The van der Waals surface area contributed by atoms with E-state index in [4.69, 9.17) is 10.1 Å². The predicted molar refractivity (Wildman–Crippen MR) is 69.5 cm³/mol. The third-order valence-corrected chi connectivity index (χ3v) is 2.44. The summed E-state index contributed by atoms with van der Waals surface area (Å²) in [6.07, 6.45) is 0. The van der Waals surface area contributed by atoms with E-state index in [1.165, 1.54) is 0 Å². The van der Waals surface area contributed by atoms with E-state index in [0.29, 0.717) is 31.0 Å². The fraction of sp³-hybridized carbons (Fsp3) is 0.600. The first kappa shape index (κ1) is 12.3. The number of nitrogens with zero attached hydrogens (tertiary/aromatic N) is 6. The average Bonchev–Trinajstić information content (AvgIpc) is 2.74. The van der Waals surface area contributed by atoms with Crippen molar-refractivity contribution < 1.29 is 4.74 Å². The van der Waals surface area contributed by atoms with E-state index in [0.717, 1.165) is 0 Å². The van der Waals surface area contributed by atoms with Gasteiger partial charge < -0.3 is 14.5 Å². The van der Waals surface area contributed by atoms with Gasteiger partial charge in [-0.1, -0.05) is 0 Å². The third-order valence-electron chi connectivity index (χ3n) is 2.44. The van der Waals surface area contributed by atoms with Crippen LogP contribution in [0.3, 0.4) is 0 Å². The van der Waals surface area contributed by atoms with Crippen LogP contribution in [0, 0.1) is 5.41 Å². The molecule has 1 aromatic heterocycles. The van der Waals surface area contributed by atoms with Crippen LogP contribution in [0.2, 0.25) is 0 Å². The molecule has 8 nitrogen and oxygen atoms in total. The molecule has 0 atom stereocenters. The standard InChI is InChI=1S/C10H17N7O/c1-15(2)8-12-9(16(3)4)14-10(13-8)17-5-6-18-7(17)11/h11H,5-6H2,1-4H3. The van der Waals surface area contributed by atoms with E-state index in [-0.39, 0.29) is 6.02 Å². The van der Waals surface area contributed by atoms with Gasteiger partial charge in [0.1, 0.15) is 6.61 Å². The van der Waals surface area contributed by atoms with Crippen LogP contribution in [0.1, 0.15) is 0 Å². The molecule has 1 aliphatic heterocycles. The molecule has 8 heteroatoms. The predicted octanol–water partition coefficient (Wildman–Crippen LogP) is -0.225. The minimum Gasteiger partial charge on any atom is -0.463 e. The molecule has 1 aliphatic rings. The van der Waals surface area contributed by atoms with Gasteiger partial charge in [-0.2, -0.15) is 15.0 Å². The van der Waals surface area contributed by atoms with Crippen molar-refractivity contribution in [3.05, 3.63) is 0 Å². The molecule has 1 saturated heterocycles. The number of hydrogen-bond donors (Lipinski definition) is 1. The normalized spacial score (nSPS) is 14.7. The molecule has 98 valence electrons. The minimum atomic E-state index is 0.0793. The molecule has 0 unspecified atom stereocenters. The Morgan fingerprint density at radius 1 is 1.06 bits per heavy atom. The number of anilines is 3. The fourth-order valence-corrected chi connectivity index (χ4v) is 1.47. The first-order valence-electron chi connectivity index (χ1n) is 5.58. The Kier molecular flexibility index (Phi) is 3.17. The van der Waals surface area contributed by atoms with E-state index in [1.807, 2.05) is 28.2 Å². The van der Waals surface area contributed by atoms with Crippen LogP contribution in [-0.2, 0) is 4.74 Å². The van der Waals surface area contributed by atoms with Crippen LogP contribution in [0.25, 0.3) is 0 Å². The monoisotopic (exact) mass is 251 g/mol. The van der Waals surface area contributed by atoms with Crippen LogP contribution in [-0.4, -0.2) is 62.3 Å². The molecular weight excluding hydrogens is 234 g/mol. The highest BCUT2D eigenvalue weighted by atomic mass is 16.5. The van der Waals surface area contributed by atoms with Gasteiger partial charge in [0.2, 0.25) is 17.8 Å². The Bertz CT molecular complexity index is 433. The van der Waals surface area contributed by atoms with Crippen molar-refractivity contribution in [2.75, 3.05) is 56.0 Å². The summed E-state index contributed by atoms with van der Waals surface area (Å²) >= 11 is 0. The van der Waals surface area contributed by atoms with Crippen molar-refractivity contribution >= 4 is 23.9 Å². The molecule has 18 heavy (non-hydrogen) atoms. The van der Waals surface area contributed by atoms with Crippen LogP contribution < -0.4 is 14.7 Å². The van der Waals surface area contributed by atoms with Gasteiger partial charge in [0, 0.05) is 28.2 Å². The summed E-state index contributed by atoms with van der Waals surface area (Å²) in [6, 6.07) is 0.0793. The molecule has 0 aliphatic carbocycles. The Balaban J connectivity index is 2.42. The van der Waals surface area contributed by atoms with Crippen LogP contribution in [0.15, 0.2) is 0 Å². The summed E-state index contributed by atoms with van der Waals surface area (Å²) < 4.78 is 5.10. The lowest BCUT2D eigenvalue weighted by atomic mass is 10.6. The summed E-state index contributed by atoms with van der Waals surface area (Å²) in [6.45, 7) is 1.07. The second-order valence-electron chi connectivity index (χ2n) is 4.33. The molecule has 0 saturated carbocycles. The van der Waals surface area contributed by atoms with Gasteiger partial charge in [-0.25, -0.2) is 0 Å². The zero-order valence-electron chi connectivity index (χ0n) is 11.0. The summed E-state index contributed by atoms with van der Waals surface area (Å²) in [7, 11) is 7.46. The third kappa shape index (κ3) is 2.27. The number of rotatable bonds is 3. The maximum absolute atomic E-state index is 7.68. The van der Waals surface area contributed by atoms with Crippen molar-refractivity contribution in [1.29, 1.82) is 5.41 Å². The van der Waals surface area contributed by atoms with Crippen molar-refractivity contribution in [2.24, 2.45) is 0 Å². The Hall–Kier alpha value is -2.12. The molecule has 1 N–H and O–H groups in total. The van der Waals surface area contributed by atoms with E-state index >= 15 is 0 Å². The second-order valence-corrected chi connectivity index (χ2v) is 4.33. The van der Waals surface area contributed by atoms with Crippen molar-refractivity contribution in [1.82, 2.24) is 15.0 Å². The number of amidine groups is 1. The first-order valence-corrected chi connectivity index (χ1v) is 5.58. The minimum absolute atomic E-state index is 0.0793. The zero-order chi connectivity index (χ0) is 13.3. The van der Waals surface area contributed by atoms with Crippen molar-refractivity contribution in [3.8, 4) is 0 Å². The largest absolute Gasteiger partial charge is 0.463 e. The van der Waals surface area contributed by atoms with Crippen LogP contribution >= 0.6 is 0 Å². The number of nitrogens with one attached hydrogen (secondary N) is 1. The Labute approximate surface area is 106 Å². The van der Waals surface area contributed by atoms with Crippen LogP contribution in [0.5, 0.6) is 0 Å². The Morgan fingerprint density at radius 3 is 2.00 bits per heavy atom. The van der Waals surface area contributed by atoms with Gasteiger partial charge in [0.15, 0.2) is 0 Å². The van der Waals surface area contributed by atoms with E-state index in [9.17, 15) is 0 Å². The molecule has 1 fully saturated rings. The average molecular weight is 251 g/mol. The number of ether oxygens (including phenoxy) is 1. The first-order chi connectivity index (χ1) is 8.49. The smallest absolute Gasteiger partial charge is 0.291 e. The summed E-state index contributed by atoms with van der Waals surface area (Å²) in [5, 5.41) is 7.68. The van der Waals surface area contributed by atoms with Gasteiger partial charge >= 0.3 is 0 Å². The van der Waals surface area contributed by atoms with Gasteiger partial charge in [-0.05, 0) is 0 Å². The summed E-state index contributed by atoms with van der Waals surface area (Å²) in [5.41, 5.74) is 0. The molecule has 1 aromatic rings. The molecule has 0 spiro atoms. The highest BCUT2D eigenvalue weighted by Gasteiger charge is 2.24. The SMILES string of the molecule is CN(C)c1nc(N(C)C)nc(N2CCOC2=N)n1. The molecule has 2 rings (SSSR count). The van der Waals surface area contributed by atoms with Crippen LogP contribution in [0.4, 0.5) is 17.8 Å². The zero-order valence-corrected chi connectivity index (χ0v) is 11.0. The van der Waals surface area contributed by atoms with Gasteiger partial charge in [-0.3, -0.25) is 10.3 Å². The van der Waals surface area contributed by atoms with Gasteiger partial charge in [0.25, 0.3) is 6.02 Å². The second kappa shape index (κ2) is 4.63. The lowest BCUT2D eigenvalue weighted by molar-refractivity contribution is 0.350. The molecular formula is C10H17N7O. The lowest BCUT2D eigenvalue weighted by Crippen LogP contribution is -2.28.